The lowest BCUT2D eigenvalue weighted by Gasteiger charge is -2.27. The van der Waals surface area contributed by atoms with Gasteiger partial charge in [-0.15, -0.1) is 22.7 Å². The van der Waals surface area contributed by atoms with Crippen LogP contribution in [0.15, 0.2) is 66.0 Å². The molecule has 0 unspecified atom stereocenters. The van der Waals surface area contributed by atoms with Gasteiger partial charge >= 0.3 is 6.18 Å². The van der Waals surface area contributed by atoms with Crippen molar-refractivity contribution in [2.24, 2.45) is 0 Å². The summed E-state index contributed by atoms with van der Waals surface area (Å²) >= 11 is 2.25. The fourth-order valence-electron chi connectivity index (χ4n) is 4.63. The molecule has 3 aromatic heterocycles. The topological polar surface area (TPSA) is 81.7 Å². The molecular formula is C29H22F3N3O4S2. The highest BCUT2D eigenvalue weighted by molar-refractivity contribution is 7.21. The third-order valence-corrected chi connectivity index (χ3v) is 8.59. The van der Waals surface area contributed by atoms with Gasteiger partial charge in [-0.05, 0) is 59.5 Å². The minimum Gasteiger partial charge on any atom is -0.497 e. The molecule has 1 aliphatic heterocycles. The number of nitrogens with zero attached hydrogens (tertiary/aromatic N) is 1. The highest BCUT2D eigenvalue weighted by Gasteiger charge is 2.36. The molecule has 1 amide bonds. The van der Waals surface area contributed by atoms with Crippen molar-refractivity contribution in [3.05, 3.63) is 87.7 Å². The largest absolute Gasteiger partial charge is 0.497 e. The van der Waals surface area contributed by atoms with Crippen LogP contribution in [-0.4, -0.2) is 25.1 Å². The smallest absolute Gasteiger partial charge is 0.433 e. The Balaban J connectivity index is 1.36. The molecule has 0 saturated heterocycles. The number of halogens is 3. The van der Waals surface area contributed by atoms with E-state index >= 15 is 0 Å². The predicted octanol–water partition coefficient (Wildman–Crippen LogP) is 7.49. The number of fused-ring (bicyclic) bond motifs is 3. The number of hydrogen-bond donors (Lipinski definition) is 2. The summed E-state index contributed by atoms with van der Waals surface area (Å²) in [7, 11) is 3.15. The highest BCUT2D eigenvalue weighted by Crippen LogP contribution is 2.46. The van der Waals surface area contributed by atoms with Crippen LogP contribution in [0.25, 0.3) is 20.7 Å². The summed E-state index contributed by atoms with van der Waals surface area (Å²) in [6.07, 6.45) is -5.28. The summed E-state index contributed by atoms with van der Waals surface area (Å²) in [6.45, 7) is 0.198. The molecule has 1 aliphatic rings. The fourth-order valence-corrected chi connectivity index (χ4v) is 6.45. The van der Waals surface area contributed by atoms with Gasteiger partial charge in [-0.25, -0.2) is 4.98 Å². The average Bonchev–Trinajstić information content (AvgIpc) is 3.64. The Bertz CT molecular complexity index is 1740. The number of hydrogen-bond acceptors (Lipinski definition) is 8. The molecule has 4 heterocycles. The number of amides is 1. The van der Waals surface area contributed by atoms with Gasteiger partial charge in [-0.1, -0.05) is 12.1 Å². The quantitative estimate of drug-likeness (QED) is 0.202. The minimum atomic E-state index is -4.63. The normalized spacial score (nSPS) is 14.8. The molecule has 1 atom stereocenters. The SMILES string of the molecule is COc1ccc(OCc2cc([C@@H]3NC(=O)c4sc5nc(C(F)(F)F)cc(-c6cccs6)c5c4N3)ccc2OC)cc1. The van der Waals surface area contributed by atoms with Crippen LogP contribution in [0.3, 0.4) is 0 Å². The number of carbonyl (C=O) groups excluding carboxylic acids is 1. The van der Waals surface area contributed by atoms with Crippen molar-refractivity contribution >= 4 is 44.5 Å². The average molecular weight is 598 g/mol. The first-order chi connectivity index (χ1) is 19.7. The molecule has 0 bridgehead atoms. The van der Waals surface area contributed by atoms with Crippen molar-refractivity contribution in [1.82, 2.24) is 10.3 Å². The predicted molar refractivity (Wildman–Crippen MR) is 152 cm³/mol. The van der Waals surface area contributed by atoms with E-state index in [0.29, 0.717) is 38.8 Å². The second kappa shape index (κ2) is 10.6. The number of nitrogens with one attached hydrogen (secondary N) is 2. The number of thiophene rings is 2. The lowest BCUT2D eigenvalue weighted by Crippen LogP contribution is -2.37. The van der Waals surface area contributed by atoms with Gasteiger partial charge in [-0.3, -0.25) is 4.79 Å². The van der Waals surface area contributed by atoms with E-state index in [1.807, 2.05) is 12.1 Å². The van der Waals surface area contributed by atoms with Gasteiger partial charge in [0, 0.05) is 21.4 Å². The molecule has 2 aromatic carbocycles. The first-order valence-electron chi connectivity index (χ1n) is 12.3. The second-order valence-electron chi connectivity index (χ2n) is 9.10. The number of rotatable bonds is 7. The molecule has 0 fully saturated rings. The van der Waals surface area contributed by atoms with Crippen molar-refractivity contribution in [2.75, 3.05) is 19.5 Å². The highest BCUT2D eigenvalue weighted by atomic mass is 32.1. The van der Waals surface area contributed by atoms with E-state index in [4.69, 9.17) is 14.2 Å². The third kappa shape index (κ3) is 5.16. The Hall–Kier alpha value is -4.29. The maximum atomic E-state index is 13.7. The molecule has 6 rings (SSSR count). The summed E-state index contributed by atoms with van der Waals surface area (Å²) in [5, 5.41) is 8.54. The zero-order valence-corrected chi connectivity index (χ0v) is 23.3. The molecule has 0 saturated carbocycles. The molecular weight excluding hydrogens is 575 g/mol. The van der Waals surface area contributed by atoms with Crippen molar-refractivity contribution in [2.45, 2.75) is 18.9 Å². The van der Waals surface area contributed by atoms with Gasteiger partial charge in [0.15, 0.2) is 0 Å². The van der Waals surface area contributed by atoms with E-state index in [0.717, 1.165) is 28.5 Å². The molecule has 7 nitrogen and oxygen atoms in total. The van der Waals surface area contributed by atoms with Crippen LogP contribution in [0.5, 0.6) is 17.2 Å². The van der Waals surface area contributed by atoms with Gasteiger partial charge in [0.2, 0.25) is 0 Å². The molecule has 210 valence electrons. The third-order valence-electron chi connectivity index (χ3n) is 6.60. The second-order valence-corrected chi connectivity index (χ2v) is 11.0. The number of alkyl halides is 3. The minimum absolute atomic E-state index is 0.139. The number of ether oxygens (including phenoxy) is 3. The first-order valence-corrected chi connectivity index (χ1v) is 14.0. The summed E-state index contributed by atoms with van der Waals surface area (Å²) < 4.78 is 57.8. The van der Waals surface area contributed by atoms with E-state index in [2.05, 4.69) is 15.6 Å². The number of carbonyl (C=O) groups is 1. The summed E-state index contributed by atoms with van der Waals surface area (Å²) in [6, 6.07) is 17.2. The number of pyridine rings is 1. The number of anilines is 1. The van der Waals surface area contributed by atoms with Crippen LogP contribution >= 0.6 is 22.7 Å². The Morgan fingerprint density at radius 3 is 2.44 bits per heavy atom. The van der Waals surface area contributed by atoms with E-state index < -0.39 is 23.9 Å². The summed E-state index contributed by atoms with van der Waals surface area (Å²) in [5.41, 5.74) is 1.29. The Morgan fingerprint density at radius 1 is 0.976 bits per heavy atom. The fraction of sp³-hybridized carbons (Fsp3) is 0.172. The van der Waals surface area contributed by atoms with Crippen molar-refractivity contribution in [1.29, 1.82) is 0 Å². The van der Waals surface area contributed by atoms with Crippen molar-refractivity contribution < 1.29 is 32.2 Å². The van der Waals surface area contributed by atoms with E-state index in [9.17, 15) is 18.0 Å². The van der Waals surface area contributed by atoms with Crippen molar-refractivity contribution in [3.8, 4) is 27.7 Å². The molecule has 5 aromatic rings. The van der Waals surface area contributed by atoms with Gasteiger partial charge < -0.3 is 24.8 Å². The van der Waals surface area contributed by atoms with Crippen LogP contribution in [0.4, 0.5) is 18.9 Å². The maximum Gasteiger partial charge on any atom is 0.433 e. The molecule has 12 heteroatoms. The Morgan fingerprint density at radius 2 is 1.76 bits per heavy atom. The lowest BCUT2D eigenvalue weighted by molar-refractivity contribution is -0.140. The zero-order chi connectivity index (χ0) is 28.7. The molecule has 2 N–H and O–H groups in total. The van der Waals surface area contributed by atoms with Crippen LogP contribution < -0.4 is 24.8 Å². The number of aromatic nitrogens is 1. The van der Waals surface area contributed by atoms with Crippen LogP contribution in [0.1, 0.15) is 32.7 Å². The van der Waals surface area contributed by atoms with Gasteiger partial charge in [0.1, 0.15) is 45.4 Å². The molecule has 0 radical (unpaired) electrons. The monoisotopic (exact) mass is 597 g/mol. The maximum absolute atomic E-state index is 13.7. The van der Waals surface area contributed by atoms with E-state index in [1.54, 1.807) is 62.1 Å². The molecule has 0 spiro atoms. The molecule has 41 heavy (non-hydrogen) atoms. The van der Waals surface area contributed by atoms with E-state index in [-0.39, 0.29) is 16.3 Å². The zero-order valence-electron chi connectivity index (χ0n) is 21.7. The Kier molecular flexibility index (Phi) is 6.96. The first kappa shape index (κ1) is 26.9. The van der Waals surface area contributed by atoms with Gasteiger partial charge in [0.25, 0.3) is 5.91 Å². The molecule has 0 aliphatic carbocycles. The lowest BCUT2D eigenvalue weighted by atomic mass is 10.0. The van der Waals surface area contributed by atoms with Crippen LogP contribution in [0, 0.1) is 0 Å². The van der Waals surface area contributed by atoms with Crippen LogP contribution in [-0.2, 0) is 12.8 Å². The summed E-state index contributed by atoms with van der Waals surface area (Å²) in [4.78, 5) is 18.2. The number of benzene rings is 2. The van der Waals surface area contributed by atoms with Crippen LogP contribution in [0.2, 0.25) is 0 Å². The summed E-state index contributed by atoms with van der Waals surface area (Å²) in [5.74, 6) is 1.56. The Labute approximate surface area is 240 Å². The number of methoxy groups -OCH3 is 2. The van der Waals surface area contributed by atoms with E-state index in [1.165, 1.54) is 11.3 Å². The van der Waals surface area contributed by atoms with Crippen molar-refractivity contribution in [3.63, 3.8) is 0 Å². The van der Waals surface area contributed by atoms with Gasteiger partial charge in [0.05, 0.1) is 19.9 Å². The van der Waals surface area contributed by atoms with Gasteiger partial charge in [-0.2, -0.15) is 13.2 Å². The standard InChI is InChI=1S/C29H22F3N3O4S2/c1-37-17-6-8-18(9-7-17)39-14-16-12-15(5-10-20(16)38-2)26-34-24-23-19(21-4-3-11-40-21)13-22(29(30,31)32)33-28(23)41-25(24)27(36)35-26/h3-13,26,34H,14H2,1-2H3,(H,35,36)/t26-/m0/s1.